The molecule has 0 aliphatic carbocycles. The van der Waals surface area contributed by atoms with E-state index < -0.39 is 0 Å². The van der Waals surface area contributed by atoms with E-state index in [4.69, 9.17) is 16.9 Å². The summed E-state index contributed by atoms with van der Waals surface area (Å²) in [7, 11) is 0. The fourth-order valence-electron chi connectivity index (χ4n) is 2.71. The van der Waals surface area contributed by atoms with E-state index in [9.17, 15) is 0 Å². The summed E-state index contributed by atoms with van der Waals surface area (Å²) >= 11 is 0. The molecule has 0 bridgehead atoms. The van der Waals surface area contributed by atoms with Gasteiger partial charge in [0.05, 0.1) is 0 Å². The van der Waals surface area contributed by atoms with Gasteiger partial charge in [-0.1, -0.05) is 6.42 Å². The first-order chi connectivity index (χ1) is 8.16. The van der Waals surface area contributed by atoms with Crippen molar-refractivity contribution in [1.82, 2.24) is 9.80 Å². The summed E-state index contributed by atoms with van der Waals surface area (Å²) < 4.78 is 0. The molecule has 0 aromatic carbocycles. The van der Waals surface area contributed by atoms with E-state index in [-0.39, 0.29) is 11.9 Å². The number of hydrogen-bond donors (Lipinski definition) is 3. The molecule has 17 heavy (non-hydrogen) atoms. The van der Waals surface area contributed by atoms with Crippen molar-refractivity contribution in [3.05, 3.63) is 0 Å². The predicted molar refractivity (Wildman–Crippen MR) is 68.9 cm³/mol. The second-order valence-electron chi connectivity index (χ2n) is 4.85. The van der Waals surface area contributed by atoms with Crippen LogP contribution in [-0.2, 0) is 0 Å². The smallest absolute Gasteiger partial charge is 0.221 e. The van der Waals surface area contributed by atoms with Crippen molar-refractivity contribution < 1.29 is 0 Å². The van der Waals surface area contributed by atoms with Gasteiger partial charge >= 0.3 is 0 Å². The molecule has 2 saturated heterocycles. The number of rotatable bonds is 1. The fourth-order valence-corrected chi connectivity index (χ4v) is 2.71. The van der Waals surface area contributed by atoms with E-state index in [1.165, 1.54) is 32.4 Å². The summed E-state index contributed by atoms with van der Waals surface area (Å²) in [6.45, 7) is 4.18. The Morgan fingerprint density at radius 2 is 1.82 bits per heavy atom. The molecule has 6 nitrogen and oxygen atoms in total. The summed E-state index contributed by atoms with van der Waals surface area (Å²) in [6.07, 6.45) is 5.09. The lowest BCUT2D eigenvalue weighted by atomic mass is 10.1. The van der Waals surface area contributed by atoms with Crippen LogP contribution >= 0.6 is 0 Å². The van der Waals surface area contributed by atoms with Gasteiger partial charge in [0.2, 0.25) is 5.96 Å². The van der Waals surface area contributed by atoms with Crippen molar-refractivity contribution in [3.8, 4) is 0 Å². The van der Waals surface area contributed by atoms with Gasteiger partial charge in [-0.25, -0.2) is 0 Å². The quantitative estimate of drug-likeness (QED) is 0.434. The summed E-state index contributed by atoms with van der Waals surface area (Å²) in [5.41, 5.74) is 10.6. The molecule has 2 aliphatic heterocycles. The molecule has 0 radical (unpaired) electrons. The third-order valence-corrected chi connectivity index (χ3v) is 3.60. The maximum Gasteiger partial charge on any atom is 0.221 e. The monoisotopic (exact) mass is 238 g/mol. The lowest BCUT2D eigenvalue weighted by molar-refractivity contribution is 0.169. The third kappa shape index (κ3) is 3.09. The number of nitrogens with zero attached hydrogens (tertiary/aromatic N) is 3. The summed E-state index contributed by atoms with van der Waals surface area (Å²) in [5, 5.41) is 7.78. The Labute approximate surface area is 102 Å². The molecule has 2 heterocycles. The average molecular weight is 238 g/mol. The van der Waals surface area contributed by atoms with Gasteiger partial charge in [0.1, 0.15) is 0 Å². The van der Waals surface area contributed by atoms with E-state index in [0.29, 0.717) is 6.04 Å². The first kappa shape index (κ1) is 12.2. The van der Waals surface area contributed by atoms with Crippen LogP contribution in [0.15, 0.2) is 4.99 Å². The van der Waals surface area contributed by atoms with Gasteiger partial charge in [-0.05, 0) is 32.4 Å². The number of piperidine rings is 1. The Balaban J connectivity index is 1.86. The van der Waals surface area contributed by atoms with E-state index in [0.717, 1.165) is 19.5 Å². The normalized spacial score (nSPS) is 25.9. The van der Waals surface area contributed by atoms with E-state index in [1.807, 2.05) is 4.90 Å². The van der Waals surface area contributed by atoms with E-state index >= 15 is 0 Å². The Bertz CT molecular complexity index is 303. The van der Waals surface area contributed by atoms with Crippen LogP contribution in [0.5, 0.6) is 0 Å². The number of hydrogen-bond acceptors (Lipinski definition) is 2. The van der Waals surface area contributed by atoms with Gasteiger partial charge in [-0.15, -0.1) is 0 Å². The number of aliphatic imine (C=N–C) groups is 1. The number of likely N-dealkylation sites (tertiary alicyclic amines) is 2. The highest BCUT2D eigenvalue weighted by atomic mass is 15.3. The van der Waals surface area contributed by atoms with Crippen LogP contribution in [0.3, 0.4) is 0 Å². The molecule has 0 saturated carbocycles. The van der Waals surface area contributed by atoms with Crippen LogP contribution in [0.2, 0.25) is 0 Å². The number of guanidine groups is 2. The average Bonchev–Trinajstić information content (AvgIpc) is 2.78. The van der Waals surface area contributed by atoms with Crippen LogP contribution in [0.4, 0.5) is 0 Å². The minimum Gasteiger partial charge on any atom is -0.370 e. The summed E-state index contributed by atoms with van der Waals surface area (Å²) in [4.78, 5) is 8.31. The molecular formula is C11H22N6. The first-order valence-corrected chi connectivity index (χ1v) is 6.34. The maximum absolute atomic E-state index is 7.78. The summed E-state index contributed by atoms with van der Waals surface area (Å²) in [6, 6.07) is 0.574. The molecule has 0 spiro atoms. The minimum atomic E-state index is -0.0311. The molecular weight excluding hydrogens is 216 g/mol. The van der Waals surface area contributed by atoms with Crippen molar-refractivity contribution in [1.29, 1.82) is 5.41 Å². The van der Waals surface area contributed by atoms with Crippen molar-refractivity contribution >= 4 is 11.9 Å². The molecule has 0 amide bonds. The SMILES string of the molecule is N=C(N=C(N)N)N1CCC(N2CCCCC2)C1. The van der Waals surface area contributed by atoms with E-state index in [1.54, 1.807) is 0 Å². The molecule has 0 aromatic rings. The molecule has 1 unspecified atom stereocenters. The van der Waals surface area contributed by atoms with Gasteiger partial charge in [0.25, 0.3) is 0 Å². The maximum atomic E-state index is 7.78. The lowest BCUT2D eigenvalue weighted by Crippen LogP contribution is -2.41. The second kappa shape index (κ2) is 5.35. The number of nitrogens with one attached hydrogen (secondary N) is 1. The standard InChI is InChI=1S/C11H22N6/c12-10(13)15-11(14)17-7-4-9(8-17)16-5-2-1-3-6-16/h9H,1-8H2,(H5,12,13,14,15). The Kier molecular flexibility index (Phi) is 3.83. The number of nitrogens with two attached hydrogens (primary N) is 2. The van der Waals surface area contributed by atoms with Gasteiger partial charge < -0.3 is 16.4 Å². The molecule has 0 aromatic heterocycles. The molecule has 2 fully saturated rings. The van der Waals surface area contributed by atoms with Crippen LogP contribution < -0.4 is 11.5 Å². The fraction of sp³-hybridized carbons (Fsp3) is 0.818. The zero-order valence-electron chi connectivity index (χ0n) is 10.2. The first-order valence-electron chi connectivity index (χ1n) is 6.34. The highest BCUT2D eigenvalue weighted by Crippen LogP contribution is 2.20. The van der Waals surface area contributed by atoms with Crippen LogP contribution in [0.25, 0.3) is 0 Å². The molecule has 5 N–H and O–H groups in total. The molecule has 2 rings (SSSR count). The van der Waals surface area contributed by atoms with E-state index in [2.05, 4.69) is 9.89 Å². The van der Waals surface area contributed by atoms with Crippen LogP contribution in [0, 0.1) is 5.41 Å². The lowest BCUT2D eigenvalue weighted by Gasteiger charge is -2.32. The molecule has 96 valence electrons. The van der Waals surface area contributed by atoms with Gasteiger partial charge in [-0.2, -0.15) is 4.99 Å². The van der Waals surface area contributed by atoms with Gasteiger partial charge in [-0.3, -0.25) is 10.3 Å². The van der Waals surface area contributed by atoms with Crippen LogP contribution in [-0.4, -0.2) is 53.9 Å². The van der Waals surface area contributed by atoms with Crippen molar-refractivity contribution in [2.75, 3.05) is 26.2 Å². The van der Waals surface area contributed by atoms with Crippen LogP contribution in [0.1, 0.15) is 25.7 Å². The zero-order chi connectivity index (χ0) is 12.3. The van der Waals surface area contributed by atoms with Crippen molar-refractivity contribution in [2.24, 2.45) is 16.5 Å². The minimum absolute atomic E-state index is 0.0311. The Morgan fingerprint density at radius 3 is 2.47 bits per heavy atom. The molecule has 2 aliphatic rings. The van der Waals surface area contributed by atoms with Gasteiger partial charge in [0.15, 0.2) is 5.96 Å². The Morgan fingerprint density at radius 1 is 1.12 bits per heavy atom. The predicted octanol–water partition coefficient (Wildman–Crippen LogP) is -0.245. The summed E-state index contributed by atoms with van der Waals surface area (Å²) in [5.74, 6) is 0.168. The highest BCUT2D eigenvalue weighted by molar-refractivity contribution is 5.91. The van der Waals surface area contributed by atoms with Gasteiger partial charge in [0, 0.05) is 19.1 Å². The van der Waals surface area contributed by atoms with Crippen molar-refractivity contribution in [2.45, 2.75) is 31.7 Å². The zero-order valence-corrected chi connectivity index (χ0v) is 10.2. The van der Waals surface area contributed by atoms with Crippen molar-refractivity contribution in [3.63, 3.8) is 0 Å². The largest absolute Gasteiger partial charge is 0.370 e. The third-order valence-electron chi connectivity index (χ3n) is 3.60. The molecule has 6 heteroatoms. The second-order valence-corrected chi connectivity index (χ2v) is 4.85. The Hall–Kier alpha value is -1.30. The highest BCUT2D eigenvalue weighted by Gasteiger charge is 2.29. The topological polar surface area (TPSA) is 94.7 Å². The molecule has 1 atom stereocenters.